The van der Waals surface area contributed by atoms with Gasteiger partial charge in [0, 0.05) is 11.1 Å². The van der Waals surface area contributed by atoms with E-state index in [1.54, 1.807) is 0 Å². The molecule has 47 heavy (non-hydrogen) atoms. The highest BCUT2D eigenvalue weighted by Crippen LogP contribution is 2.54. The van der Waals surface area contributed by atoms with Crippen molar-refractivity contribution in [1.29, 1.82) is 0 Å². The molecule has 0 amide bonds. The molecule has 26 heteroatoms. The molecule has 7 heterocycles. The molecule has 0 aliphatic carbocycles. The number of aliphatic hydroxyl groups is 1. The minimum atomic E-state index is -5.15. The van der Waals surface area contributed by atoms with Gasteiger partial charge in [-0.05, 0) is 11.6 Å². The van der Waals surface area contributed by atoms with Crippen molar-refractivity contribution in [3.63, 3.8) is 0 Å². The fourth-order valence-corrected chi connectivity index (χ4v) is 7.48. The fraction of sp³-hybridized carbons (Fsp3) is 0.476. The number of nitrogens with one attached hydrogen (secondary N) is 1. The maximum absolute atomic E-state index is 13.4. The summed E-state index contributed by atoms with van der Waals surface area (Å²) in [5.74, 6) is -0.294. The van der Waals surface area contributed by atoms with Crippen LogP contribution in [0.5, 0.6) is 0 Å². The van der Waals surface area contributed by atoms with Crippen LogP contribution in [-0.4, -0.2) is 98.7 Å². The SMILES string of the molecule is [N-]=[N+]=N[C@H]1[C@H]2OP(=O)(O)OC[C@H]3O[C@@H](n4cnc5c(N)ccnc54)[C@H](O)[C@@H]3OP(=O)(O)OC[C@H]1O[C@H]2n1cnc2c(=O)[nH]c(N)nc21. The average molecular weight is 698 g/mol. The fourth-order valence-electron chi connectivity index (χ4n) is 5.58. The normalized spacial score (nSPS) is 36.3. The quantitative estimate of drug-likeness (QED) is 0.0684. The predicted octanol–water partition coefficient (Wildman–Crippen LogP) is -0.419. The number of ether oxygens (including phenoxy) is 2. The lowest BCUT2D eigenvalue weighted by Gasteiger charge is -2.26. The Hall–Kier alpha value is -4.02. The first-order valence-electron chi connectivity index (χ1n) is 13.5. The van der Waals surface area contributed by atoms with Crippen LogP contribution in [0.25, 0.3) is 32.8 Å². The van der Waals surface area contributed by atoms with Crippen LogP contribution in [0.3, 0.4) is 0 Å². The summed E-state index contributed by atoms with van der Waals surface area (Å²) in [4.78, 5) is 55.3. The second-order valence-electron chi connectivity index (χ2n) is 10.5. The standard InChI is InChI=1S/C21H24N12O12P2/c22-7-1-2-25-16-10(7)26-5-32(16)19-13(34)14-9(43-19)4-41-47(38,39)45-15-11(30-31-24)8(3-40-46(36,37)44-14)42-20(15)33-6-27-12-17(33)28-21(23)29-18(12)35/h1-2,5-6,8-9,11,13-15,19-20,34H,3-4H2,(H2,22,25)(H,36,37)(H,38,39)(H3,23,28,29,35)/t8-,9-,11-,13-,14-,15-,19-,20-/m1/s1. The van der Waals surface area contributed by atoms with E-state index in [4.69, 9.17) is 39.0 Å². The molecular formula is C21H24N12O12P2. The molecule has 7 rings (SSSR count). The van der Waals surface area contributed by atoms with Crippen molar-refractivity contribution in [2.75, 3.05) is 24.7 Å². The van der Waals surface area contributed by atoms with Gasteiger partial charge in [-0.2, -0.15) is 4.98 Å². The highest BCUT2D eigenvalue weighted by molar-refractivity contribution is 7.47. The van der Waals surface area contributed by atoms with Crippen molar-refractivity contribution in [3.8, 4) is 0 Å². The Morgan fingerprint density at radius 2 is 1.60 bits per heavy atom. The molecule has 4 aromatic rings. The molecular weight excluding hydrogens is 674 g/mol. The number of phosphoric acid groups is 2. The van der Waals surface area contributed by atoms with Gasteiger partial charge in [-0.3, -0.25) is 37.0 Å². The average Bonchev–Trinajstić information content (AvgIpc) is 3.76. The molecule has 3 saturated heterocycles. The Morgan fingerprint density at radius 1 is 0.957 bits per heavy atom. The van der Waals surface area contributed by atoms with Gasteiger partial charge >= 0.3 is 15.6 Å². The molecule has 2 bridgehead atoms. The van der Waals surface area contributed by atoms with Gasteiger partial charge in [0.1, 0.15) is 29.9 Å². The highest BCUT2D eigenvalue weighted by Gasteiger charge is 2.54. The lowest BCUT2D eigenvalue weighted by atomic mass is 10.1. The van der Waals surface area contributed by atoms with E-state index in [0.717, 1.165) is 10.9 Å². The summed E-state index contributed by atoms with van der Waals surface area (Å²) >= 11 is 0. The number of pyridine rings is 1. The Balaban J connectivity index is 1.24. The number of anilines is 2. The molecule has 3 aliphatic rings. The third kappa shape index (κ3) is 5.65. The van der Waals surface area contributed by atoms with E-state index in [1.807, 2.05) is 0 Å². The van der Waals surface area contributed by atoms with E-state index in [1.165, 1.54) is 23.2 Å². The monoisotopic (exact) mass is 698 g/mol. The van der Waals surface area contributed by atoms with Crippen molar-refractivity contribution in [2.24, 2.45) is 5.11 Å². The van der Waals surface area contributed by atoms with Crippen molar-refractivity contribution in [1.82, 2.24) is 34.1 Å². The van der Waals surface area contributed by atoms with Gasteiger partial charge in [0.2, 0.25) is 5.95 Å². The van der Waals surface area contributed by atoms with E-state index in [9.17, 15) is 34.3 Å². The van der Waals surface area contributed by atoms with Gasteiger partial charge in [-0.15, -0.1) is 0 Å². The summed E-state index contributed by atoms with van der Waals surface area (Å²) in [5.41, 5.74) is 20.6. The molecule has 3 aliphatic heterocycles. The zero-order chi connectivity index (χ0) is 33.2. The number of aromatic amines is 1. The minimum absolute atomic E-state index is 0.137. The van der Waals surface area contributed by atoms with Crippen molar-refractivity contribution in [2.45, 2.75) is 49.0 Å². The zero-order valence-electron chi connectivity index (χ0n) is 23.4. The van der Waals surface area contributed by atoms with Gasteiger partial charge in [0.05, 0.1) is 43.7 Å². The van der Waals surface area contributed by atoms with E-state index in [0.29, 0.717) is 0 Å². The number of hydrogen-bond acceptors (Lipinski definition) is 17. The highest BCUT2D eigenvalue weighted by atomic mass is 31.2. The van der Waals surface area contributed by atoms with Gasteiger partial charge < -0.3 is 35.8 Å². The van der Waals surface area contributed by atoms with Crippen LogP contribution >= 0.6 is 15.6 Å². The molecule has 0 spiro atoms. The van der Waals surface area contributed by atoms with Crippen LogP contribution in [0.2, 0.25) is 0 Å². The second kappa shape index (κ2) is 11.6. The number of nitrogens with zero attached hydrogens (tertiary/aromatic N) is 9. The first-order chi connectivity index (χ1) is 22.4. The minimum Gasteiger partial charge on any atom is -0.397 e. The van der Waals surface area contributed by atoms with Crippen LogP contribution in [0, 0.1) is 0 Å². The molecule has 0 aromatic carbocycles. The molecule has 4 aromatic heterocycles. The Morgan fingerprint density at radius 3 is 2.32 bits per heavy atom. The van der Waals surface area contributed by atoms with Crippen LogP contribution < -0.4 is 17.0 Å². The molecule has 3 fully saturated rings. The van der Waals surface area contributed by atoms with Gasteiger partial charge in [-0.1, -0.05) is 5.11 Å². The topological polar surface area (TPSA) is 345 Å². The third-order valence-electron chi connectivity index (χ3n) is 7.61. The van der Waals surface area contributed by atoms with Gasteiger partial charge in [0.15, 0.2) is 29.3 Å². The molecule has 0 radical (unpaired) electrons. The lowest BCUT2D eigenvalue weighted by molar-refractivity contribution is -0.0670. The second-order valence-corrected chi connectivity index (χ2v) is 13.3. The first kappa shape index (κ1) is 31.6. The smallest absolute Gasteiger partial charge is 0.397 e. The van der Waals surface area contributed by atoms with Crippen molar-refractivity contribution in [3.05, 3.63) is 45.7 Å². The number of azide groups is 1. The van der Waals surface area contributed by atoms with Crippen molar-refractivity contribution >= 4 is 49.6 Å². The lowest BCUT2D eigenvalue weighted by Crippen LogP contribution is -2.36. The number of H-pyrrole nitrogens is 1. The largest absolute Gasteiger partial charge is 0.472 e. The summed E-state index contributed by atoms with van der Waals surface area (Å²) in [7, 11) is -10.3. The summed E-state index contributed by atoms with van der Waals surface area (Å²) in [6.45, 7) is -1.65. The number of rotatable bonds is 3. The van der Waals surface area contributed by atoms with E-state index < -0.39 is 83.4 Å². The summed E-state index contributed by atoms with van der Waals surface area (Å²) < 4.78 is 62.0. The van der Waals surface area contributed by atoms with E-state index in [2.05, 4.69) is 34.9 Å². The number of phosphoric ester groups is 2. The van der Waals surface area contributed by atoms with Crippen LogP contribution in [-0.2, 0) is 36.7 Å². The van der Waals surface area contributed by atoms with Crippen LogP contribution in [0.4, 0.5) is 11.6 Å². The van der Waals surface area contributed by atoms with E-state index in [-0.39, 0.29) is 34.0 Å². The summed E-state index contributed by atoms with van der Waals surface area (Å²) in [6.07, 6.45) is -7.06. The predicted molar refractivity (Wildman–Crippen MR) is 153 cm³/mol. The number of aliphatic hydroxyl groups excluding tert-OH is 1. The van der Waals surface area contributed by atoms with E-state index >= 15 is 0 Å². The number of aromatic nitrogens is 7. The van der Waals surface area contributed by atoms with Crippen LogP contribution in [0.15, 0.2) is 34.8 Å². The van der Waals surface area contributed by atoms with Crippen LogP contribution in [0.1, 0.15) is 12.5 Å². The number of nitrogens with two attached hydrogens (primary N) is 2. The molecule has 0 saturated carbocycles. The summed E-state index contributed by atoms with van der Waals surface area (Å²) in [5, 5.41) is 14.8. The molecule has 24 nitrogen and oxygen atoms in total. The molecule has 10 atom stereocenters. The number of hydrogen-bond donors (Lipinski definition) is 6. The Bertz CT molecular complexity index is 2070. The molecule has 2 unspecified atom stereocenters. The first-order valence-corrected chi connectivity index (χ1v) is 16.5. The molecule has 8 N–H and O–H groups in total. The Kier molecular flexibility index (Phi) is 7.79. The maximum atomic E-state index is 13.4. The zero-order valence-corrected chi connectivity index (χ0v) is 25.2. The maximum Gasteiger partial charge on any atom is 0.472 e. The Labute approximate surface area is 260 Å². The number of nitrogen functional groups attached to an aromatic ring is 2. The number of imidazole rings is 2. The summed E-state index contributed by atoms with van der Waals surface area (Å²) in [6, 6.07) is 0.0114. The number of fused-ring (bicyclic) bond motifs is 5. The van der Waals surface area contributed by atoms with Gasteiger partial charge in [-0.25, -0.2) is 24.1 Å². The van der Waals surface area contributed by atoms with Crippen molar-refractivity contribution < 1.29 is 51.6 Å². The molecule has 250 valence electrons. The van der Waals surface area contributed by atoms with Gasteiger partial charge in [0.25, 0.3) is 5.56 Å². The third-order valence-corrected chi connectivity index (χ3v) is 9.58.